The minimum atomic E-state index is -0.490. The van der Waals surface area contributed by atoms with Crippen LogP contribution in [0.2, 0.25) is 0 Å². The van der Waals surface area contributed by atoms with Crippen LogP contribution in [0.15, 0.2) is 12.1 Å². The molecule has 0 N–H and O–H groups in total. The van der Waals surface area contributed by atoms with Crippen molar-refractivity contribution in [3.63, 3.8) is 0 Å². The monoisotopic (exact) mass is 318 g/mol. The molecule has 1 aliphatic rings. The molecule has 1 amide bonds. The summed E-state index contributed by atoms with van der Waals surface area (Å²) in [7, 11) is 1.49. The Balaban J connectivity index is 1.99. The van der Waals surface area contributed by atoms with E-state index in [1.165, 1.54) is 7.11 Å². The molecule has 2 rings (SSSR count). The van der Waals surface area contributed by atoms with Crippen molar-refractivity contribution in [1.29, 1.82) is 5.26 Å². The van der Waals surface area contributed by atoms with Crippen molar-refractivity contribution in [3.8, 4) is 11.9 Å². The largest absolute Gasteiger partial charge is 0.480 e. The first-order chi connectivity index (χ1) is 10.8. The molecule has 0 atom stereocenters. The number of hydrogen-bond donors (Lipinski definition) is 0. The molecule has 0 saturated carbocycles. The van der Waals surface area contributed by atoms with E-state index in [-0.39, 0.29) is 6.09 Å². The Kier molecular flexibility index (Phi) is 4.94. The number of piperazine rings is 1. The van der Waals surface area contributed by atoms with E-state index in [0.29, 0.717) is 37.6 Å². The van der Waals surface area contributed by atoms with Gasteiger partial charge in [0.1, 0.15) is 23.1 Å². The average Bonchev–Trinajstić information content (AvgIpc) is 2.52. The van der Waals surface area contributed by atoms with Crippen molar-refractivity contribution in [2.24, 2.45) is 0 Å². The van der Waals surface area contributed by atoms with Crippen molar-refractivity contribution in [3.05, 3.63) is 17.7 Å². The van der Waals surface area contributed by atoms with E-state index in [4.69, 9.17) is 14.7 Å². The van der Waals surface area contributed by atoms with Gasteiger partial charge in [-0.2, -0.15) is 10.2 Å². The number of pyridine rings is 1. The standard InChI is InChI=1S/C16H22N4O3/c1-16(2,3)23-15(21)20-9-7-19(8-10-20)13-6-5-12(11-17)14(18-13)22-4/h5-6H,7-10H2,1-4H3. The zero-order chi connectivity index (χ0) is 17.0. The number of nitrogens with zero attached hydrogens (tertiary/aromatic N) is 4. The maximum Gasteiger partial charge on any atom is 0.410 e. The van der Waals surface area contributed by atoms with Crippen LogP contribution in [0.25, 0.3) is 0 Å². The quantitative estimate of drug-likeness (QED) is 0.830. The minimum absolute atomic E-state index is 0.289. The second kappa shape index (κ2) is 6.73. The highest BCUT2D eigenvalue weighted by molar-refractivity contribution is 5.68. The number of hydrogen-bond acceptors (Lipinski definition) is 6. The lowest BCUT2D eigenvalue weighted by Gasteiger charge is -2.36. The maximum absolute atomic E-state index is 12.1. The number of rotatable bonds is 2. The molecule has 0 bridgehead atoms. The molecule has 1 saturated heterocycles. The summed E-state index contributed by atoms with van der Waals surface area (Å²) >= 11 is 0. The molecule has 23 heavy (non-hydrogen) atoms. The first kappa shape index (κ1) is 16.9. The number of carbonyl (C=O) groups is 1. The first-order valence-corrected chi connectivity index (χ1v) is 7.52. The predicted octanol–water partition coefficient (Wildman–Crippen LogP) is 2.02. The molecular weight excluding hydrogens is 296 g/mol. The molecule has 124 valence electrons. The molecule has 7 heteroatoms. The summed E-state index contributed by atoms with van der Waals surface area (Å²) in [5.41, 5.74) is -0.0837. The predicted molar refractivity (Wildman–Crippen MR) is 85.5 cm³/mol. The Hall–Kier alpha value is -2.49. The van der Waals surface area contributed by atoms with Crippen molar-refractivity contribution in [2.45, 2.75) is 26.4 Å². The highest BCUT2D eigenvalue weighted by Crippen LogP contribution is 2.21. The molecule has 1 aliphatic heterocycles. The van der Waals surface area contributed by atoms with Gasteiger partial charge in [0.05, 0.1) is 7.11 Å². The van der Waals surface area contributed by atoms with Crippen molar-refractivity contribution in [1.82, 2.24) is 9.88 Å². The molecule has 1 fully saturated rings. The minimum Gasteiger partial charge on any atom is -0.480 e. The van der Waals surface area contributed by atoms with Gasteiger partial charge >= 0.3 is 6.09 Å². The fraction of sp³-hybridized carbons (Fsp3) is 0.562. The highest BCUT2D eigenvalue weighted by Gasteiger charge is 2.26. The highest BCUT2D eigenvalue weighted by atomic mass is 16.6. The third-order valence-electron chi connectivity index (χ3n) is 3.41. The van der Waals surface area contributed by atoms with E-state index in [1.807, 2.05) is 26.8 Å². The van der Waals surface area contributed by atoms with Crippen molar-refractivity contribution >= 4 is 11.9 Å². The van der Waals surface area contributed by atoms with Crippen molar-refractivity contribution in [2.75, 3.05) is 38.2 Å². The number of methoxy groups -OCH3 is 1. The average molecular weight is 318 g/mol. The maximum atomic E-state index is 12.1. The molecule has 2 heterocycles. The fourth-order valence-electron chi connectivity index (χ4n) is 2.29. The van der Waals surface area contributed by atoms with Gasteiger partial charge in [0.2, 0.25) is 5.88 Å². The van der Waals surface area contributed by atoms with Crippen LogP contribution in [0.1, 0.15) is 26.3 Å². The summed E-state index contributed by atoms with van der Waals surface area (Å²) in [5.74, 6) is 1.06. The lowest BCUT2D eigenvalue weighted by atomic mass is 10.2. The van der Waals surface area contributed by atoms with Crippen LogP contribution >= 0.6 is 0 Å². The number of aromatic nitrogens is 1. The van der Waals surface area contributed by atoms with Crippen LogP contribution in [0.4, 0.5) is 10.6 Å². The summed E-state index contributed by atoms with van der Waals surface area (Å²) in [6, 6.07) is 5.54. The van der Waals surface area contributed by atoms with E-state index >= 15 is 0 Å². The summed E-state index contributed by atoms with van der Waals surface area (Å²) in [6.07, 6.45) is -0.289. The molecular formula is C16H22N4O3. The van der Waals surface area contributed by atoms with Crippen LogP contribution < -0.4 is 9.64 Å². The number of nitriles is 1. The van der Waals surface area contributed by atoms with Crippen LogP contribution in [-0.2, 0) is 4.74 Å². The summed E-state index contributed by atoms with van der Waals surface area (Å²) < 4.78 is 10.5. The molecule has 1 aromatic rings. The third kappa shape index (κ3) is 4.25. The molecule has 0 unspecified atom stereocenters. The van der Waals surface area contributed by atoms with E-state index in [0.717, 1.165) is 5.82 Å². The third-order valence-corrected chi connectivity index (χ3v) is 3.41. The number of ether oxygens (including phenoxy) is 2. The molecule has 0 radical (unpaired) electrons. The summed E-state index contributed by atoms with van der Waals surface area (Å²) in [6.45, 7) is 8.01. The Labute approximate surface area is 136 Å². The van der Waals surface area contributed by atoms with E-state index in [1.54, 1.807) is 17.0 Å². The topological polar surface area (TPSA) is 78.7 Å². The van der Waals surface area contributed by atoms with E-state index < -0.39 is 5.60 Å². The van der Waals surface area contributed by atoms with Gasteiger partial charge < -0.3 is 19.3 Å². The number of amides is 1. The number of anilines is 1. The molecule has 0 aliphatic carbocycles. The molecule has 0 aromatic carbocycles. The Morgan fingerprint density at radius 2 is 1.91 bits per heavy atom. The second-order valence-electron chi connectivity index (χ2n) is 6.29. The zero-order valence-corrected chi connectivity index (χ0v) is 14.0. The van der Waals surface area contributed by atoms with Gasteiger partial charge in [-0.05, 0) is 32.9 Å². The zero-order valence-electron chi connectivity index (χ0n) is 14.0. The van der Waals surface area contributed by atoms with Crippen LogP contribution in [0, 0.1) is 11.3 Å². The Morgan fingerprint density at radius 3 is 2.43 bits per heavy atom. The lowest BCUT2D eigenvalue weighted by molar-refractivity contribution is 0.0240. The molecule has 7 nitrogen and oxygen atoms in total. The Bertz CT molecular complexity index is 611. The van der Waals surface area contributed by atoms with Crippen LogP contribution in [0.5, 0.6) is 5.88 Å². The van der Waals surface area contributed by atoms with Gasteiger partial charge in [-0.3, -0.25) is 0 Å². The van der Waals surface area contributed by atoms with Gasteiger partial charge in [-0.1, -0.05) is 0 Å². The fourth-order valence-corrected chi connectivity index (χ4v) is 2.29. The molecule has 0 spiro atoms. The number of carbonyl (C=O) groups excluding carboxylic acids is 1. The van der Waals surface area contributed by atoms with Gasteiger partial charge in [0, 0.05) is 26.2 Å². The molecule has 1 aromatic heterocycles. The van der Waals surface area contributed by atoms with Gasteiger partial charge in [-0.15, -0.1) is 0 Å². The smallest absolute Gasteiger partial charge is 0.410 e. The van der Waals surface area contributed by atoms with Crippen LogP contribution in [-0.4, -0.2) is 54.9 Å². The van der Waals surface area contributed by atoms with Gasteiger partial charge in [0.25, 0.3) is 0 Å². The van der Waals surface area contributed by atoms with E-state index in [2.05, 4.69) is 9.88 Å². The Morgan fingerprint density at radius 1 is 1.26 bits per heavy atom. The van der Waals surface area contributed by atoms with E-state index in [9.17, 15) is 4.79 Å². The van der Waals surface area contributed by atoms with Crippen molar-refractivity contribution < 1.29 is 14.3 Å². The summed E-state index contributed by atoms with van der Waals surface area (Å²) in [5, 5.41) is 9.00. The second-order valence-corrected chi connectivity index (χ2v) is 6.29. The normalized spacial score (nSPS) is 15.1. The summed E-state index contributed by atoms with van der Waals surface area (Å²) in [4.78, 5) is 20.2. The van der Waals surface area contributed by atoms with Gasteiger partial charge in [-0.25, -0.2) is 4.79 Å². The SMILES string of the molecule is COc1nc(N2CCN(C(=O)OC(C)(C)C)CC2)ccc1C#N. The first-order valence-electron chi connectivity index (χ1n) is 7.52. The van der Waals surface area contributed by atoms with Gasteiger partial charge in [0.15, 0.2) is 0 Å². The lowest BCUT2D eigenvalue weighted by Crippen LogP contribution is -2.50. The van der Waals surface area contributed by atoms with Crippen LogP contribution in [0.3, 0.4) is 0 Å².